The molecule has 0 amide bonds. The lowest BCUT2D eigenvalue weighted by Gasteiger charge is -2.27. The third kappa shape index (κ3) is 2.94. The number of rotatable bonds is 2. The summed E-state index contributed by atoms with van der Waals surface area (Å²) >= 11 is 0. The molecule has 0 aliphatic carbocycles. The van der Waals surface area contributed by atoms with E-state index in [2.05, 4.69) is 46.0 Å². The minimum atomic E-state index is 0.803. The van der Waals surface area contributed by atoms with Gasteiger partial charge in [0.15, 0.2) is 0 Å². The number of aromatic nitrogens is 1. The molecule has 2 fully saturated rings. The molecule has 1 aromatic carbocycles. The molecule has 23 heavy (non-hydrogen) atoms. The van der Waals surface area contributed by atoms with E-state index < -0.39 is 0 Å². The maximum atomic E-state index is 4.60. The minimum Gasteiger partial charge on any atom is -0.371 e. The van der Waals surface area contributed by atoms with E-state index in [1.54, 1.807) is 0 Å². The Morgan fingerprint density at radius 1 is 0.957 bits per heavy atom. The van der Waals surface area contributed by atoms with E-state index in [1.165, 1.54) is 74.9 Å². The molecule has 1 atom stereocenters. The summed E-state index contributed by atoms with van der Waals surface area (Å²) in [7, 11) is 0. The minimum absolute atomic E-state index is 0.803. The smallest absolute Gasteiger partial charge is 0.0751 e. The number of benzene rings is 1. The first-order valence-corrected chi connectivity index (χ1v) is 9.16. The lowest BCUT2D eigenvalue weighted by molar-refractivity contribution is 0.225. The van der Waals surface area contributed by atoms with Gasteiger partial charge in [0.1, 0.15) is 0 Å². The highest BCUT2D eigenvalue weighted by molar-refractivity contribution is 5.93. The summed E-state index contributed by atoms with van der Waals surface area (Å²) in [5, 5.41) is 1.31. The average molecular weight is 309 g/mol. The van der Waals surface area contributed by atoms with Crippen LogP contribution in [0.25, 0.3) is 10.9 Å². The van der Waals surface area contributed by atoms with E-state index >= 15 is 0 Å². The summed E-state index contributed by atoms with van der Waals surface area (Å²) in [6.45, 7) is 7.15. The number of aryl methyl sites for hydroxylation is 1. The first-order chi connectivity index (χ1) is 11.3. The van der Waals surface area contributed by atoms with Crippen molar-refractivity contribution >= 4 is 16.6 Å². The van der Waals surface area contributed by atoms with Crippen LogP contribution in [0.2, 0.25) is 0 Å². The van der Waals surface area contributed by atoms with Gasteiger partial charge in [0.25, 0.3) is 0 Å². The number of anilines is 1. The molecule has 3 nitrogen and oxygen atoms in total. The standard InChI is InChI=1S/C20H27N3/c1-16-6-4-8-18-19(9-11-21-20(16)18)23-14-5-7-17(10-15-23)22-12-2-3-13-22/h4,6,8-9,11,17H,2-3,5,7,10,12-15H2,1H3. The topological polar surface area (TPSA) is 19.4 Å². The number of fused-ring (bicyclic) bond motifs is 1. The van der Waals surface area contributed by atoms with Crippen molar-refractivity contribution in [1.29, 1.82) is 0 Å². The van der Waals surface area contributed by atoms with Crippen LogP contribution in [-0.4, -0.2) is 42.1 Å². The summed E-state index contributed by atoms with van der Waals surface area (Å²) < 4.78 is 0. The third-order valence-electron chi connectivity index (χ3n) is 5.65. The molecule has 0 radical (unpaired) electrons. The molecule has 2 aliphatic heterocycles. The zero-order valence-electron chi connectivity index (χ0n) is 14.2. The van der Waals surface area contributed by atoms with Gasteiger partial charge in [-0.25, -0.2) is 0 Å². The first-order valence-electron chi connectivity index (χ1n) is 9.16. The molecule has 2 saturated heterocycles. The van der Waals surface area contributed by atoms with Gasteiger partial charge in [-0.1, -0.05) is 18.2 Å². The quantitative estimate of drug-likeness (QED) is 0.836. The van der Waals surface area contributed by atoms with E-state index in [0.29, 0.717) is 0 Å². The average Bonchev–Trinajstić information content (AvgIpc) is 3.00. The number of pyridine rings is 1. The van der Waals surface area contributed by atoms with Crippen LogP contribution >= 0.6 is 0 Å². The van der Waals surface area contributed by atoms with Crippen LogP contribution in [0.15, 0.2) is 30.5 Å². The summed E-state index contributed by atoms with van der Waals surface area (Å²) in [5.41, 5.74) is 3.81. The lowest BCUT2D eigenvalue weighted by atomic mass is 10.1. The van der Waals surface area contributed by atoms with E-state index in [-0.39, 0.29) is 0 Å². The molecule has 1 unspecified atom stereocenters. The van der Waals surface area contributed by atoms with Crippen LogP contribution in [0.1, 0.15) is 37.7 Å². The van der Waals surface area contributed by atoms with Gasteiger partial charge in [-0.05, 0) is 63.7 Å². The van der Waals surface area contributed by atoms with Crippen molar-refractivity contribution in [2.75, 3.05) is 31.1 Å². The molecule has 2 aliphatic rings. The predicted octanol–water partition coefficient (Wildman–Crippen LogP) is 4.00. The molecule has 0 bridgehead atoms. The van der Waals surface area contributed by atoms with Gasteiger partial charge in [-0.3, -0.25) is 4.98 Å². The van der Waals surface area contributed by atoms with Crippen molar-refractivity contribution in [2.24, 2.45) is 0 Å². The molecule has 1 aromatic heterocycles. The maximum Gasteiger partial charge on any atom is 0.0751 e. The molecule has 0 saturated carbocycles. The molecular formula is C20H27N3. The third-order valence-corrected chi connectivity index (χ3v) is 5.65. The number of para-hydroxylation sites is 1. The summed E-state index contributed by atoms with van der Waals surface area (Å²) in [6, 6.07) is 9.56. The summed E-state index contributed by atoms with van der Waals surface area (Å²) in [5.74, 6) is 0. The van der Waals surface area contributed by atoms with Crippen molar-refractivity contribution in [1.82, 2.24) is 9.88 Å². The Balaban J connectivity index is 1.58. The first kappa shape index (κ1) is 14.9. The maximum absolute atomic E-state index is 4.60. The largest absolute Gasteiger partial charge is 0.371 e. The van der Waals surface area contributed by atoms with E-state index in [0.717, 1.165) is 11.6 Å². The normalized spacial score (nSPS) is 23.3. The molecule has 3 heterocycles. The van der Waals surface area contributed by atoms with Gasteiger partial charge in [-0.2, -0.15) is 0 Å². The van der Waals surface area contributed by atoms with Crippen LogP contribution in [0.3, 0.4) is 0 Å². The Bertz CT molecular complexity index is 676. The Morgan fingerprint density at radius 3 is 2.70 bits per heavy atom. The molecule has 0 spiro atoms. The highest BCUT2D eigenvalue weighted by Gasteiger charge is 2.25. The zero-order valence-corrected chi connectivity index (χ0v) is 14.2. The van der Waals surface area contributed by atoms with Crippen LogP contribution in [-0.2, 0) is 0 Å². The Labute approximate surface area is 139 Å². The predicted molar refractivity (Wildman–Crippen MR) is 97.1 cm³/mol. The van der Waals surface area contributed by atoms with Crippen LogP contribution in [0, 0.1) is 6.92 Å². The summed E-state index contributed by atoms with van der Waals surface area (Å²) in [4.78, 5) is 9.93. The van der Waals surface area contributed by atoms with Crippen molar-refractivity contribution in [3.05, 3.63) is 36.0 Å². The monoisotopic (exact) mass is 309 g/mol. The molecule has 122 valence electrons. The number of hydrogen-bond acceptors (Lipinski definition) is 3. The van der Waals surface area contributed by atoms with E-state index in [9.17, 15) is 0 Å². The Morgan fingerprint density at radius 2 is 1.83 bits per heavy atom. The van der Waals surface area contributed by atoms with Crippen molar-refractivity contribution in [2.45, 2.75) is 45.1 Å². The van der Waals surface area contributed by atoms with Gasteiger partial charge < -0.3 is 9.80 Å². The van der Waals surface area contributed by atoms with Gasteiger partial charge in [0, 0.05) is 36.4 Å². The van der Waals surface area contributed by atoms with Crippen LogP contribution in [0.4, 0.5) is 5.69 Å². The van der Waals surface area contributed by atoms with E-state index in [1.807, 2.05) is 6.20 Å². The lowest BCUT2D eigenvalue weighted by Crippen LogP contribution is -2.33. The molecule has 4 rings (SSSR count). The number of nitrogens with zero attached hydrogens (tertiary/aromatic N) is 3. The van der Waals surface area contributed by atoms with Crippen molar-refractivity contribution in [3.63, 3.8) is 0 Å². The Hall–Kier alpha value is -1.61. The SMILES string of the molecule is Cc1cccc2c(N3CCCC(N4CCCC4)CC3)ccnc12. The van der Waals surface area contributed by atoms with Crippen molar-refractivity contribution < 1.29 is 0 Å². The van der Waals surface area contributed by atoms with Gasteiger partial charge >= 0.3 is 0 Å². The second kappa shape index (κ2) is 6.48. The van der Waals surface area contributed by atoms with Gasteiger partial charge in [0.05, 0.1) is 5.52 Å². The number of likely N-dealkylation sites (tertiary alicyclic amines) is 1. The Kier molecular flexibility index (Phi) is 4.21. The molecule has 2 aromatic rings. The fraction of sp³-hybridized carbons (Fsp3) is 0.550. The van der Waals surface area contributed by atoms with E-state index in [4.69, 9.17) is 0 Å². The second-order valence-corrected chi connectivity index (χ2v) is 7.12. The highest BCUT2D eigenvalue weighted by atomic mass is 15.2. The molecule has 3 heteroatoms. The molecule has 0 N–H and O–H groups in total. The van der Waals surface area contributed by atoms with Crippen molar-refractivity contribution in [3.8, 4) is 0 Å². The van der Waals surface area contributed by atoms with Gasteiger partial charge in [-0.15, -0.1) is 0 Å². The van der Waals surface area contributed by atoms with Crippen LogP contribution < -0.4 is 4.90 Å². The highest BCUT2D eigenvalue weighted by Crippen LogP contribution is 2.30. The fourth-order valence-corrected chi connectivity index (χ4v) is 4.38. The number of hydrogen-bond donors (Lipinski definition) is 0. The fourth-order valence-electron chi connectivity index (χ4n) is 4.38. The van der Waals surface area contributed by atoms with Gasteiger partial charge in [0.2, 0.25) is 0 Å². The zero-order chi connectivity index (χ0) is 15.6. The van der Waals surface area contributed by atoms with Crippen LogP contribution in [0.5, 0.6) is 0 Å². The second-order valence-electron chi connectivity index (χ2n) is 7.12. The molecular weight excluding hydrogens is 282 g/mol. The summed E-state index contributed by atoms with van der Waals surface area (Å²) in [6.07, 6.45) is 8.74.